The Labute approximate surface area is 156 Å². The molecule has 0 bridgehead atoms. The lowest BCUT2D eigenvalue weighted by Gasteiger charge is -2.36. The van der Waals surface area contributed by atoms with Crippen LogP contribution < -0.4 is 15.1 Å². The first kappa shape index (κ1) is 17.1. The first-order chi connectivity index (χ1) is 13.3. The van der Waals surface area contributed by atoms with Crippen molar-refractivity contribution >= 4 is 17.5 Å². The SMILES string of the molecule is Fc1ccccc1N1CCN(c2nncc(NCc3cccnc3)n2)CC1. The lowest BCUT2D eigenvalue weighted by Crippen LogP contribution is -2.47. The Hall–Kier alpha value is -3.29. The quantitative estimate of drug-likeness (QED) is 0.744. The van der Waals surface area contributed by atoms with Gasteiger partial charge in [0.05, 0.1) is 11.9 Å². The number of benzene rings is 1. The van der Waals surface area contributed by atoms with E-state index >= 15 is 0 Å². The maximum atomic E-state index is 14.0. The van der Waals surface area contributed by atoms with Crippen LogP contribution in [0.5, 0.6) is 0 Å². The first-order valence-corrected chi connectivity index (χ1v) is 8.86. The highest BCUT2D eigenvalue weighted by Gasteiger charge is 2.21. The van der Waals surface area contributed by atoms with Crippen LogP contribution >= 0.6 is 0 Å². The molecule has 8 heteroatoms. The van der Waals surface area contributed by atoms with Gasteiger partial charge in [-0.25, -0.2) is 4.39 Å². The number of rotatable bonds is 5. The van der Waals surface area contributed by atoms with Gasteiger partial charge in [0.2, 0.25) is 5.95 Å². The van der Waals surface area contributed by atoms with Crippen molar-refractivity contribution in [3.8, 4) is 0 Å². The summed E-state index contributed by atoms with van der Waals surface area (Å²) in [6, 6.07) is 10.8. The topological polar surface area (TPSA) is 70.1 Å². The molecule has 4 rings (SSSR count). The van der Waals surface area contributed by atoms with E-state index in [1.807, 2.05) is 35.4 Å². The Bertz CT molecular complexity index is 882. The first-order valence-electron chi connectivity index (χ1n) is 8.86. The van der Waals surface area contributed by atoms with Crippen molar-refractivity contribution in [3.05, 3.63) is 66.4 Å². The van der Waals surface area contributed by atoms with Gasteiger partial charge < -0.3 is 15.1 Å². The molecule has 7 nitrogen and oxygen atoms in total. The van der Waals surface area contributed by atoms with Crippen LogP contribution in [-0.4, -0.2) is 46.3 Å². The molecule has 0 spiro atoms. The predicted molar refractivity (Wildman–Crippen MR) is 102 cm³/mol. The standard InChI is InChI=1S/C19H20FN7/c20-16-5-1-2-6-17(16)26-8-10-27(11-9-26)19-24-18(14-23-25-19)22-13-15-4-3-7-21-12-15/h1-7,12,14H,8-11,13H2,(H,22,24,25). The van der Waals surface area contributed by atoms with Gasteiger partial charge >= 0.3 is 0 Å². The summed E-state index contributed by atoms with van der Waals surface area (Å²) in [5.41, 5.74) is 1.71. The van der Waals surface area contributed by atoms with E-state index in [9.17, 15) is 4.39 Å². The lowest BCUT2D eigenvalue weighted by atomic mass is 10.2. The molecule has 1 fully saturated rings. The fraction of sp³-hybridized carbons (Fsp3) is 0.263. The van der Waals surface area contributed by atoms with E-state index in [1.165, 1.54) is 6.07 Å². The molecule has 3 aromatic rings. The molecule has 27 heavy (non-hydrogen) atoms. The molecule has 0 saturated carbocycles. The molecule has 1 N–H and O–H groups in total. The normalized spacial score (nSPS) is 14.3. The summed E-state index contributed by atoms with van der Waals surface area (Å²) >= 11 is 0. The van der Waals surface area contributed by atoms with Crippen molar-refractivity contribution in [1.29, 1.82) is 0 Å². The van der Waals surface area contributed by atoms with E-state index < -0.39 is 0 Å². The van der Waals surface area contributed by atoms with E-state index in [-0.39, 0.29) is 5.82 Å². The molecule has 0 radical (unpaired) electrons. The molecule has 3 heterocycles. The van der Waals surface area contributed by atoms with Crippen LogP contribution in [0, 0.1) is 5.82 Å². The average molecular weight is 365 g/mol. The van der Waals surface area contributed by atoms with Gasteiger partial charge in [-0.05, 0) is 23.8 Å². The largest absolute Gasteiger partial charge is 0.366 e. The molecule has 2 aromatic heterocycles. The summed E-state index contributed by atoms with van der Waals surface area (Å²) < 4.78 is 14.0. The summed E-state index contributed by atoms with van der Waals surface area (Å²) in [4.78, 5) is 12.8. The maximum Gasteiger partial charge on any atom is 0.247 e. The highest BCUT2D eigenvalue weighted by molar-refractivity contribution is 5.50. The predicted octanol–water partition coefficient (Wildman–Crippen LogP) is 2.34. The Balaban J connectivity index is 1.38. The Morgan fingerprint density at radius 3 is 2.56 bits per heavy atom. The van der Waals surface area contributed by atoms with Crippen LogP contribution in [0.4, 0.5) is 21.8 Å². The van der Waals surface area contributed by atoms with Gasteiger partial charge in [-0.2, -0.15) is 10.1 Å². The smallest absolute Gasteiger partial charge is 0.247 e. The average Bonchev–Trinajstić information content (AvgIpc) is 2.74. The summed E-state index contributed by atoms with van der Waals surface area (Å²) in [5.74, 6) is 1.06. The molecular formula is C19H20FN7. The number of hydrogen-bond donors (Lipinski definition) is 1. The fourth-order valence-electron chi connectivity index (χ4n) is 3.06. The molecule has 1 aliphatic heterocycles. The molecule has 0 unspecified atom stereocenters. The van der Waals surface area contributed by atoms with Crippen LogP contribution in [0.25, 0.3) is 0 Å². The van der Waals surface area contributed by atoms with E-state index in [0.717, 1.165) is 5.56 Å². The number of nitrogens with one attached hydrogen (secondary N) is 1. The van der Waals surface area contributed by atoms with Crippen molar-refractivity contribution in [3.63, 3.8) is 0 Å². The van der Waals surface area contributed by atoms with Gasteiger partial charge in [0.1, 0.15) is 5.82 Å². The van der Waals surface area contributed by atoms with Crippen molar-refractivity contribution < 1.29 is 4.39 Å². The Morgan fingerprint density at radius 2 is 1.78 bits per heavy atom. The number of anilines is 3. The van der Waals surface area contributed by atoms with E-state index in [1.54, 1.807) is 18.5 Å². The number of para-hydroxylation sites is 1. The summed E-state index contributed by atoms with van der Waals surface area (Å²) in [7, 11) is 0. The summed E-state index contributed by atoms with van der Waals surface area (Å²) in [5, 5.41) is 11.5. The molecular weight excluding hydrogens is 345 g/mol. The van der Waals surface area contributed by atoms with Crippen molar-refractivity contribution in [2.45, 2.75) is 6.54 Å². The summed E-state index contributed by atoms with van der Waals surface area (Å²) in [6.45, 7) is 3.45. The molecule has 0 aliphatic carbocycles. The van der Waals surface area contributed by atoms with Gasteiger partial charge in [-0.15, -0.1) is 5.10 Å². The van der Waals surface area contributed by atoms with Crippen LogP contribution in [0.3, 0.4) is 0 Å². The second-order valence-electron chi connectivity index (χ2n) is 6.28. The molecule has 0 atom stereocenters. The van der Waals surface area contributed by atoms with Crippen molar-refractivity contribution in [2.24, 2.45) is 0 Å². The molecule has 138 valence electrons. The third-order valence-electron chi connectivity index (χ3n) is 4.50. The minimum Gasteiger partial charge on any atom is -0.366 e. The monoisotopic (exact) mass is 365 g/mol. The van der Waals surface area contributed by atoms with E-state index in [2.05, 4.69) is 30.4 Å². The van der Waals surface area contributed by atoms with Gasteiger partial charge in [-0.3, -0.25) is 4.98 Å². The zero-order valence-electron chi connectivity index (χ0n) is 14.8. The second kappa shape index (κ2) is 7.94. The maximum absolute atomic E-state index is 14.0. The Morgan fingerprint density at radius 1 is 0.963 bits per heavy atom. The minimum absolute atomic E-state index is 0.189. The van der Waals surface area contributed by atoms with Crippen molar-refractivity contribution in [1.82, 2.24) is 20.2 Å². The number of hydrogen-bond acceptors (Lipinski definition) is 7. The Kier molecular flexibility index (Phi) is 5.04. The van der Waals surface area contributed by atoms with Gasteiger partial charge in [0.25, 0.3) is 0 Å². The molecule has 1 aromatic carbocycles. The zero-order valence-corrected chi connectivity index (χ0v) is 14.8. The van der Waals surface area contributed by atoms with Crippen LogP contribution in [-0.2, 0) is 6.54 Å². The highest BCUT2D eigenvalue weighted by Crippen LogP contribution is 2.21. The van der Waals surface area contributed by atoms with E-state index in [4.69, 9.17) is 0 Å². The number of piperazine rings is 1. The number of aromatic nitrogens is 4. The number of nitrogens with zero attached hydrogens (tertiary/aromatic N) is 6. The minimum atomic E-state index is -0.189. The lowest BCUT2D eigenvalue weighted by molar-refractivity contribution is 0.592. The van der Waals surface area contributed by atoms with Crippen LogP contribution in [0.2, 0.25) is 0 Å². The van der Waals surface area contributed by atoms with Gasteiger partial charge in [0.15, 0.2) is 5.82 Å². The molecule has 0 amide bonds. The third-order valence-corrected chi connectivity index (χ3v) is 4.50. The highest BCUT2D eigenvalue weighted by atomic mass is 19.1. The van der Waals surface area contributed by atoms with Crippen LogP contribution in [0.1, 0.15) is 5.56 Å². The van der Waals surface area contributed by atoms with Gasteiger partial charge in [-0.1, -0.05) is 18.2 Å². The van der Waals surface area contributed by atoms with Crippen molar-refractivity contribution in [2.75, 3.05) is 41.3 Å². The molecule has 1 saturated heterocycles. The number of halogens is 1. The second-order valence-corrected chi connectivity index (χ2v) is 6.28. The van der Waals surface area contributed by atoms with Gasteiger partial charge in [0, 0.05) is 45.1 Å². The van der Waals surface area contributed by atoms with E-state index in [0.29, 0.717) is 50.2 Å². The number of pyridine rings is 1. The molecule has 1 aliphatic rings. The third kappa shape index (κ3) is 4.11. The summed E-state index contributed by atoms with van der Waals surface area (Å²) in [6.07, 6.45) is 5.16. The van der Waals surface area contributed by atoms with Crippen LogP contribution in [0.15, 0.2) is 55.0 Å². The zero-order chi connectivity index (χ0) is 18.5. The fourth-order valence-corrected chi connectivity index (χ4v) is 3.06.